The summed E-state index contributed by atoms with van der Waals surface area (Å²) in [5, 5.41) is 12.9. The van der Waals surface area contributed by atoms with Gasteiger partial charge in [0, 0.05) is 18.7 Å². The quantitative estimate of drug-likeness (QED) is 0.802. The third kappa shape index (κ3) is 1.65. The molecule has 1 aliphatic rings. The van der Waals surface area contributed by atoms with Crippen LogP contribution in [0.1, 0.15) is 26.3 Å². The normalized spacial score (nSPS) is 17.9. The van der Waals surface area contributed by atoms with Crippen LogP contribution in [-0.2, 0) is 6.61 Å². The molecule has 0 atom stereocenters. The molecule has 88 valence electrons. The minimum atomic E-state index is 0.0903. The first kappa shape index (κ1) is 11.3. The average molecular weight is 220 g/mol. The van der Waals surface area contributed by atoms with E-state index in [9.17, 15) is 5.11 Å². The van der Waals surface area contributed by atoms with Crippen LogP contribution in [0.25, 0.3) is 0 Å². The van der Waals surface area contributed by atoms with E-state index in [2.05, 4.69) is 37.1 Å². The molecule has 0 spiro atoms. The monoisotopic (exact) mass is 220 g/mol. The van der Waals surface area contributed by atoms with Crippen LogP contribution >= 0.6 is 0 Å². The van der Waals surface area contributed by atoms with Crippen molar-refractivity contribution < 1.29 is 5.11 Å². The summed E-state index contributed by atoms with van der Waals surface area (Å²) in [5.74, 6) is 0. The Bertz CT molecular complexity index is 373. The molecule has 1 aromatic carbocycles. The Morgan fingerprint density at radius 2 is 2.19 bits per heavy atom. The van der Waals surface area contributed by atoms with E-state index in [1.54, 1.807) is 0 Å². The number of rotatable bonds is 2. The van der Waals surface area contributed by atoms with Crippen molar-refractivity contribution in [2.24, 2.45) is 0 Å². The van der Waals surface area contributed by atoms with Gasteiger partial charge in [0.1, 0.15) is 0 Å². The number of benzene rings is 1. The number of para-hydroxylation sites is 1. The lowest BCUT2D eigenvalue weighted by molar-refractivity contribution is 0.281. The Balaban J connectivity index is 2.54. The second-order valence-corrected chi connectivity index (χ2v) is 4.88. The molecule has 0 amide bonds. The molecule has 0 aliphatic carbocycles. The smallest absolute Gasteiger partial charge is 0.0702 e. The van der Waals surface area contributed by atoms with Gasteiger partial charge in [0.2, 0.25) is 0 Å². The van der Waals surface area contributed by atoms with Crippen molar-refractivity contribution in [1.29, 1.82) is 0 Å². The van der Waals surface area contributed by atoms with Crippen molar-refractivity contribution in [3.05, 3.63) is 23.8 Å². The number of likely N-dealkylation sites (N-methyl/N-ethyl adjacent to an activating group) is 1. The standard InChI is InChI=1S/C13H20N2O/c1-4-15-12-10(8-16)6-5-7-11(12)14-9-13(15,2)3/h5-7,14,16H,4,8-9H2,1-3H3. The zero-order chi connectivity index (χ0) is 11.8. The number of hydrogen-bond acceptors (Lipinski definition) is 3. The maximum absolute atomic E-state index is 9.42. The Kier molecular flexibility index (Phi) is 2.80. The zero-order valence-electron chi connectivity index (χ0n) is 10.2. The van der Waals surface area contributed by atoms with E-state index in [-0.39, 0.29) is 12.1 Å². The molecule has 0 radical (unpaired) electrons. The van der Waals surface area contributed by atoms with E-state index < -0.39 is 0 Å². The van der Waals surface area contributed by atoms with Crippen molar-refractivity contribution in [3.63, 3.8) is 0 Å². The number of fused-ring (bicyclic) bond motifs is 1. The van der Waals surface area contributed by atoms with Crippen molar-refractivity contribution >= 4 is 11.4 Å². The fourth-order valence-electron chi connectivity index (χ4n) is 2.48. The molecule has 2 rings (SSSR count). The predicted molar refractivity (Wildman–Crippen MR) is 68.0 cm³/mol. The van der Waals surface area contributed by atoms with Crippen molar-refractivity contribution in [1.82, 2.24) is 0 Å². The molecule has 16 heavy (non-hydrogen) atoms. The number of anilines is 2. The first-order valence-corrected chi connectivity index (χ1v) is 5.84. The Labute approximate surface area is 97.1 Å². The molecule has 2 N–H and O–H groups in total. The lowest BCUT2D eigenvalue weighted by Crippen LogP contribution is -2.52. The Hall–Kier alpha value is -1.22. The van der Waals surface area contributed by atoms with Gasteiger partial charge in [-0.2, -0.15) is 0 Å². The van der Waals surface area contributed by atoms with Crippen LogP contribution in [0.15, 0.2) is 18.2 Å². The third-order valence-electron chi connectivity index (χ3n) is 3.32. The van der Waals surface area contributed by atoms with Crippen LogP contribution in [-0.4, -0.2) is 23.7 Å². The summed E-state index contributed by atoms with van der Waals surface area (Å²) in [6.07, 6.45) is 0. The van der Waals surface area contributed by atoms with Gasteiger partial charge in [-0.05, 0) is 26.8 Å². The van der Waals surface area contributed by atoms with Crippen molar-refractivity contribution in [3.8, 4) is 0 Å². The predicted octanol–water partition coefficient (Wildman–Crippen LogP) is 2.21. The molecule has 0 aromatic heterocycles. The number of aliphatic hydroxyl groups is 1. The molecular formula is C13H20N2O. The summed E-state index contributed by atoms with van der Waals surface area (Å²) in [7, 11) is 0. The minimum absolute atomic E-state index is 0.0903. The zero-order valence-corrected chi connectivity index (χ0v) is 10.2. The van der Waals surface area contributed by atoms with Gasteiger partial charge in [-0.3, -0.25) is 0 Å². The fourth-order valence-corrected chi connectivity index (χ4v) is 2.48. The summed E-state index contributed by atoms with van der Waals surface area (Å²) >= 11 is 0. The summed E-state index contributed by atoms with van der Waals surface area (Å²) in [4.78, 5) is 2.37. The van der Waals surface area contributed by atoms with Crippen molar-refractivity contribution in [2.75, 3.05) is 23.3 Å². The third-order valence-corrected chi connectivity index (χ3v) is 3.32. The van der Waals surface area contributed by atoms with E-state index in [1.807, 2.05) is 12.1 Å². The average Bonchev–Trinajstić information content (AvgIpc) is 2.27. The molecule has 1 heterocycles. The highest BCUT2D eigenvalue weighted by molar-refractivity contribution is 5.77. The van der Waals surface area contributed by atoms with Gasteiger partial charge in [0.25, 0.3) is 0 Å². The van der Waals surface area contributed by atoms with Gasteiger partial charge >= 0.3 is 0 Å². The van der Waals surface area contributed by atoms with Gasteiger partial charge in [0.05, 0.1) is 23.5 Å². The molecule has 0 bridgehead atoms. The van der Waals surface area contributed by atoms with Crippen LogP contribution in [0.3, 0.4) is 0 Å². The molecule has 0 saturated carbocycles. The lowest BCUT2D eigenvalue weighted by Gasteiger charge is -2.46. The maximum Gasteiger partial charge on any atom is 0.0702 e. The Morgan fingerprint density at radius 3 is 2.81 bits per heavy atom. The van der Waals surface area contributed by atoms with Crippen LogP contribution in [0.5, 0.6) is 0 Å². The largest absolute Gasteiger partial charge is 0.392 e. The maximum atomic E-state index is 9.42. The molecule has 0 unspecified atom stereocenters. The van der Waals surface area contributed by atoms with Gasteiger partial charge in [-0.25, -0.2) is 0 Å². The molecular weight excluding hydrogens is 200 g/mol. The SMILES string of the molecule is CCN1c2c(CO)cccc2NCC1(C)C. The molecule has 1 aromatic rings. The number of hydrogen-bond donors (Lipinski definition) is 2. The van der Waals surface area contributed by atoms with E-state index >= 15 is 0 Å². The summed E-state index contributed by atoms with van der Waals surface area (Å²) < 4.78 is 0. The van der Waals surface area contributed by atoms with E-state index in [0.29, 0.717) is 0 Å². The molecule has 3 heteroatoms. The highest BCUT2D eigenvalue weighted by Gasteiger charge is 2.32. The second kappa shape index (κ2) is 3.98. The first-order valence-electron chi connectivity index (χ1n) is 5.84. The van der Waals surface area contributed by atoms with Gasteiger partial charge in [0.15, 0.2) is 0 Å². The van der Waals surface area contributed by atoms with Gasteiger partial charge in [-0.1, -0.05) is 12.1 Å². The van der Waals surface area contributed by atoms with Gasteiger partial charge in [-0.15, -0.1) is 0 Å². The summed E-state index contributed by atoms with van der Waals surface area (Å²) in [6, 6.07) is 6.06. The summed E-state index contributed by atoms with van der Waals surface area (Å²) in [6.45, 7) is 8.59. The van der Waals surface area contributed by atoms with Crippen LogP contribution in [0, 0.1) is 0 Å². The van der Waals surface area contributed by atoms with Crippen molar-refractivity contribution in [2.45, 2.75) is 32.9 Å². The van der Waals surface area contributed by atoms with E-state index in [1.165, 1.54) is 0 Å². The molecule has 3 nitrogen and oxygen atoms in total. The topological polar surface area (TPSA) is 35.5 Å². The van der Waals surface area contributed by atoms with Crippen LogP contribution < -0.4 is 10.2 Å². The van der Waals surface area contributed by atoms with E-state index in [0.717, 1.165) is 30.0 Å². The highest BCUT2D eigenvalue weighted by atomic mass is 16.3. The number of nitrogens with one attached hydrogen (secondary N) is 1. The molecule has 0 fully saturated rings. The van der Waals surface area contributed by atoms with E-state index in [4.69, 9.17) is 0 Å². The summed E-state index contributed by atoms with van der Waals surface area (Å²) in [5.41, 5.74) is 3.38. The fraction of sp³-hybridized carbons (Fsp3) is 0.538. The Morgan fingerprint density at radius 1 is 1.44 bits per heavy atom. The van der Waals surface area contributed by atoms with Crippen LogP contribution in [0.4, 0.5) is 11.4 Å². The molecule has 0 saturated heterocycles. The lowest BCUT2D eigenvalue weighted by atomic mass is 9.95. The highest BCUT2D eigenvalue weighted by Crippen LogP contribution is 2.38. The first-order chi connectivity index (χ1) is 7.60. The second-order valence-electron chi connectivity index (χ2n) is 4.88. The number of aliphatic hydroxyl groups excluding tert-OH is 1. The van der Waals surface area contributed by atoms with Gasteiger partial charge < -0.3 is 15.3 Å². The molecule has 1 aliphatic heterocycles. The minimum Gasteiger partial charge on any atom is -0.392 e. The van der Waals surface area contributed by atoms with Crippen LogP contribution in [0.2, 0.25) is 0 Å². The number of nitrogens with zero attached hydrogens (tertiary/aromatic N) is 1.